The summed E-state index contributed by atoms with van der Waals surface area (Å²) >= 11 is 7.32. The van der Waals surface area contributed by atoms with E-state index in [-0.39, 0.29) is 29.1 Å². The van der Waals surface area contributed by atoms with E-state index in [9.17, 15) is 19.2 Å². The van der Waals surface area contributed by atoms with Crippen LogP contribution in [0.15, 0.2) is 102 Å². The van der Waals surface area contributed by atoms with E-state index < -0.39 is 28.7 Å². The number of halogens is 2. The molecule has 0 spiro atoms. The molecule has 2 amide bonds. The van der Waals surface area contributed by atoms with Gasteiger partial charge in [-0.15, -0.1) is 0 Å². The van der Waals surface area contributed by atoms with Gasteiger partial charge in [0.25, 0.3) is 0 Å². The standard InChI is InChI=1S/C33H21Br2NO5/c34-20-14-12-18(13-15-20)26(37)17-41-32(40)19-6-5-7-21(16-19)36-30(38)28-27-22-8-1-3-10-24(22)33(35,29(28)31(36)39)25-11-4-2-9-23(25)27/h1-16,27-29H,17H2/t27?,28-,29-,33?/m0/s1. The molecule has 0 N–H and O–H groups in total. The highest BCUT2D eigenvalue weighted by atomic mass is 79.9. The van der Waals surface area contributed by atoms with Crippen LogP contribution in [0.5, 0.6) is 0 Å². The number of esters is 1. The first-order chi connectivity index (χ1) is 19.8. The number of rotatable bonds is 5. The average molecular weight is 671 g/mol. The third kappa shape index (κ3) is 3.81. The third-order valence-electron chi connectivity index (χ3n) is 8.36. The molecule has 0 saturated carbocycles. The molecule has 2 atom stereocenters. The number of alkyl halides is 1. The van der Waals surface area contributed by atoms with E-state index in [1.165, 1.54) is 17.0 Å². The van der Waals surface area contributed by atoms with E-state index in [0.717, 1.165) is 26.7 Å². The molecular formula is C33H21Br2NO5. The topological polar surface area (TPSA) is 80.8 Å². The summed E-state index contributed by atoms with van der Waals surface area (Å²) in [5.74, 6) is -3.17. The molecule has 8 rings (SSSR count). The molecule has 4 aromatic rings. The van der Waals surface area contributed by atoms with Crippen LogP contribution < -0.4 is 4.90 Å². The number of anilines is 1. The summed E-state index contributed by atoms with van der Waals surface area (Å²) in [7, 11) is 0. The van der Waals surface area contributed by atoms with Gasteiger partial charge in [-0.1, -0.05) is 98.6 Å². The molecule has 202 valence electrons. The van der Waals surface area contributed by atoms with Gasteiger partial charge in [0.05, 0.1) is 27.4 Å². The first kappa shape index (κ1) is 26.0. The molecule has 2 bridgehead atoms. The van der Waals surface area contributed by atoms with Crippen molar-refractivity contribution in [3.63, 3.8) is 0 Å². The number of ether oxygens (including phenoxy) is 1. The number of imide groups is 1. The lowest BCUT2D eigenvalue weighted by atomic mass is 9.55. The fourth-order valence-electron chi connectivity index (χ4n) is 6.64. The molecular weight excluding hydrogens is 650 g/mol. The summed E-state index contributed by atoms with van der Waals surface area (Å²) < 4.78 is 5.27. The molecule has 1 heterocycles. The Morgan fingerprint density at radius 1 is 0.780 bits per heavy atom. The monoisotopic (exact) mass is 669 g/mol. The van der Waals surface area contributed by atoms with Gasteiger partial charge in [-0.3, -0.25) is 14.4 Å². The minimum atomic E-state index is -0.856. The number of carbonyl (C=O) groups excluding carboxylic acids is 4. The molecule has 8 heteroatoms. The second kappa shape index (κ2) is 9.60. The fourth-order valence-corrected chi connectivity index (χ4v) is 8.11. The summed E-state index contributed by atoms with van der Waals surface area (Å²) in [5.41, 5.74) is 4.95. The maximum atomic E-state index is 14.2. The van der Waals surface area contributed by atoms with Gasteiger partial charge < -0.3 is 4.74 Å². The average Bonchev–Trinajstić information content (AvgIpc) is 3.27. The molecule has 3 aliphatic carbocycles. The number of nitrogens with zero attached hydrogens (tertiary/aromatic N) is 1. The van der Waals surface area contributed by atoms with Crippen LogP contribution in [0.4, 0.5) is 5.69 Å². The molecule has 1 aliphatic heterocycles. The first-order valence-electron chi connectivity index (χ1n) is 13.1. The Morgan fingerprint density at radius 2 is 1.41 bits per heavy atom. The zero-order valence-corrected chi connectivity index (χ0v) is 24.6. The molecule has 1 saturated heterocycles. The van der Waals surface area contributed by atoms with E-state index in [4.69, 9.17) is 4.74 Å². The van der Waals surface area contributed by atoms with Crippen molar-refractivity contribution in [3.05, 3.63) is 135 Å². The van der Waals surface area contributed by atoms with Gasteiger partial charge in [0.15, 0.2) is 12.4 Å². The number of carbonyl (C=O) groups is 4. The Balaban J connectivity index is 1.20. The highest BCUT2D eigenvalue weighted by molar-refractivity contribution is 9.10. The lowest BCUT2D eigenvalue weighted by molar-refractivity contribution is -0.122. The lowest BCUT2D eigenvalue weighted by Gasteiger charge is -2.51. The molecule has 0 aromatic heterocycles. The Hall–Kier alpha value is -3.88. The van der Waals surface area contributed by atoms with Crippen molar-refractivity contribution in [2.45, 2.75) is 10.2 Å². The Kier molecular flexibility index (Phi) is 6.10. The number of benzene rings is 4. The van der Waals surface area contributed by atoms with Gasteiger partial charge in [-0.05, 0) is 52.6 Å². The molecule has 0 radical (unpaired) electrons. The highest BCUT2D eigenvalue weighted by Gasteiger charge is 2.67. The number of hydrogen-bond donors (Lipinski definition) is 0. The fraction of sp³-hybridized carbons (Fsp3) is 0.152. The highest BCUT2D eigenvalue weighted by Crippen LogP contribution is 2.66. The van der Waals surface area contributed by atoms with Gasteiger partial charge in [-0.2, -0.15) is 0 Å². The number of amides is 2. The smallest absolute Gasteiger partial charge is 0.338 e. The summed E-state index contributed by atoms with van der Waals surface area (Å²) in [4.78, 5) is 54.8. The van der Waals surface area contributed by atoms with Crippen molar-refractivity contribution in [3.8, 4) is 0 Å². The van der Waals surface area contributed by atoms with Crippen LogP contribution >= 0.6 is 31.9 Å². The van der Waals surface area contributed by atoms with Crippen molar-refractivity contribution >= 4 is 61.1 Å². The second-order valence-corrected chi connectivity index (χ2v) is 12.6. The van der Waals surface area contributed by atoms with Gasteiger partial charge in [0.1, 0.15) is 0 Å². The van der Waals surface area contributed by atoms with Crippen LogP contribution in [-0.2, 0) is 18.7 Å². The summed E-state index contributed by atoms with van der Waals surface area (Å²) in [6.07, 6.45) is 0. The number of hydrogen-bond acceptors (Lipinski definition) is 5. The van der Waals surface area contributed by atoms with Crippen molar-refractivity contribution in [1.82, 2.24) is 0 Å². The van der Waals surface area contributed by atoms with Gasteiger partial charge in [0.2, 0.25) is 11.8 Å². The zero-order valence-electron chi connectivity index (χ0n) is 21.4. The lowest BCUT2D eigenvalue weighted by Crippen LogP contribution is -2.50. The van der Waals surface area contributed by atoms with Crippen molar-refractivity contribution in [2.75, 3.05) is 11.5 Å². The predicted molar refractivity (Wildman–Crippen MR) is 159 cm³/mol. The van der Waals surface area contributed by atoms with E-state index in [0.29, 0.717) is 11.3 Å². The maximum Gasteiger partial charge on any atom is 0.338 e. The Bertz CT molecular complexity index is 1740. The molecule has 4 aliphatic rings. The maximum absolute atomic E-state index is 14.2. The Morgan fingerprint density at radius 3 is 2.07 bits per heavy atom. The van der Waals surface area contributed by atoms with Crippen LogP contribution in [0.25, 0.3) is 0 Å². The van der Waals surface area contributed by atoms with Crippen molar-refractivity contribution in [1.29, 1.82) is 0 Å². The van der Waals surface area contributed by atoms with E-state index in [1.54, 1.807) is 36.4 Å². The van der Waals surface area contributed by atoms with Crippen LogP contribution in [-0.4, -0.2) is 30.2 Å². The first-order valence-corrected chi connectivity index (χ1v) is 14.7. The SMILES string of the molecule is O=C(COC(=O)c1cccc(N2C(=O)[C@@H]3[C@@H](C2=O)C2c4ccccc4C3(Br)c3ccccc32)c1)c1ccc(Br)cc1. The number of Topliss-reactive ketones (excluding diaryl/α,β-unsaturated/α-hetero) is 1. The van der Waals surface area contributed by atoms with E-state index in [1.807, 2.05) is 48.5 Å². The van der Waals surface area contributed by atoms with Gasteiger partial charge in [-0.25, -0.2) is 9.69 Å². The van der Waals surface area contributed by atoms with Crippen LogP contribution in [0.3, 0.4) is 0 Å². The summed E-state index contributed by atoms with van der Waals surface area (Å²) in [5, 5.41) is 0. The third-order valence-corrected chi connectivity index (χ3v) is 10.2. The molecule has 4 aromatic carbocycles. The molecule has 0 unspecified atom stereocenters. The summed E-state index contributed by atoms with van der Waals surface area (Å²) in [6.45, 7) is -0.430. The molecule has 6 nitrogen and oxygen atoms in total. The minimum Gasteiger partial charge on any atom is -0.454 e. The Labute approximate surface area is 252 Å². The van der Waals surface area contributed by atoms with Crippen molar-refractivity contribution < 1.29 is 23.9 Å². The van der Waals surface area contributed by atoms with Gasteiger partial charge >= 0.3 is 5.97 Å². The molecule has 41 heavy (non-hydrogen) atoms. The predicted octanol–water partition coefficient (Wildman–Crippen LogP) is 6.39. The zero-order chi connectivity index (χ0) is 28.5. The van der Waals surface area contributed by atoms with E-state index >= 15 is 0 Å². The normalized spacial score (nSPS) is 23.6. The number of ketones is 1. The van der Waals surface area contributed by atoms with Crippen molar-refractivity contribution in [2.24, 2.45) is 11.8 Å². The van der Waals surface area contributed by atoms with Crippen LogP contribution in [0, 0.1) is 11.8 Å². The van der Waals surface area contributed by atoms with Gasteiger partial charge in [0, 0.05) is 16.0 Å². The second-order valence-electron chi connectivity index (χ2n) is 10.4. The van der Waals surface area contributed by atoms with Crippen LogP contribution in [0.1, 0.15) is 48.9 Å². The minimum absolute atomic E-state index is 0.143. The largest absolute Gasteiger partial charge is 0.454 e. The van der Waals surface area contributed by atoms with Crippen LogP contribution in [0.2, 0.25) is 0 Å². The molecule has 1 fully saturated rings. The van der Waals surface area contributed by atoms with E-state index in [2.05, 4.69) is 31.9 Å². The summed E-state index contributed by atoms with van der Waals surface area (Å²) in [6, 6.07) is 29.0. The quantitative estimate of drug-likeness (QED) is 0.106.